The van der Waals surface area contributed by atoms with Crippen molar-refractivity contribution < 1.29 is 18.4 Å². The van der Waals surface area contributed by atoms with Gasteiger partial charge >= 0.3 is 5.69 Å². The molecule has 7 nitrogen and oxygen atoms in total. The van der Waals surface area contributed by atoms with E-state index in [0.29, 0.717) is 5.92 Å². The third-order valence-corrected chi connectivity index (χ3v) is 4.78. The van der Waals surface area contributed by atoms with Crippen LogP contribution in [0.1, 0.15) is 26.2 Å². The third-order valence-electron chi connectivity index (χ3n) is 3.19. The lowest BCUT2D eigenvalue weighted by Gasteiger charge is -2.13. The lowest BCUT2D eigenvalue weighted by molar-refractivity contribution is -0.386. The van der Waals surface area contributed by atoms with Gasteiger partial charge in [0.1, 0.15) is 0 Å². The number of phenolic OH excluding ortho intramolecular Hbond substituents is 1. The van der Waals surface area contributed by atoms with Crippen LogP contribution >= 0.6 is 0 Å². The Kier molecular flexibility index (Phi) is 3.96. The number of nitrogens with one attached hydrogen (secondary N) is 1. The number of nitrogens with zero attached hydrogens (tertiary/aromatic N) is 1. The van der Waals surface area contributed by atoms with Gasteiger partial charge in [0, 0.05) is 12.1 Å². The molecule has 0 saturated heterocycles. The van der Waals surface area contributed by atoms with E-state index in [2.05, 4.69) is 4.72 Å². The Balaban J connectivity index is 2.19. The molecule has 0 aliphatic heterocycles. The third kappa shape index (κ3) is 3.45. The minimum absolute atomic E-state index is 0.218. The molecule has 1 saturated carbocycles. The van der Waals surface area contributed by atoms with Crippen LogP contribution in [0.4, 0.5) is 5.69 Å². The number of phenols is 1. The Hall–Kier alpha value is -1.67. The van der Waals surface area contributed by atoms with Gasteiger partial charge in [-0.15, -0.1) is 0 Å². The van der Waals surface area contributed by atoms with Crippen molar-refractivity contribution in [2.24, 2.45) is 5.92 Å². The van der Waals surface area contributed by atoms with Crippen LogP contribution in [0.25, 0.3) is 0 Å². The number of aromatic hydroxyl groups is 1. The SMILES string of the molecule is CC(CC1CC1)NS(=O)(=O)c1ccc(O)c([N+](=O)[O-])c1. The van der Waals surface area contributed by atoms with Gasteiger partial charge in [-0.05, 0) is 31.4 Å². The Bertz CT molecular complexity index is 625. The van der Waals surface area contributed by atoms with E-state index in [9.17, 15) is 23.6 Å². The first kappa shape index (κ1) is 14.7. The van der Waals surface area contributed by atoms with E-state index in [-0.39, 0.29) is 10.9 Å². The predicted molar refractivity (Wildman–Crippen MR) is 71.9 cm³/mol. The molecule has 8 heteroatoms. The highest BCUT2D eigenvalue weighted by atomic mass is 32.2. The second kappa shape index (κ2) is 5.37. The van der Waals surface area contributed by atoms with Crippen LogP contribution in [0.5, 0.6) is 5.75 Å². The molecule has 1 aromatic carbocycles. The Morgan fingerprint density at radius 1 is 1.50 bits per heavy atom. The molecule has 1 aliphatic carbocycles. The largest absolute Gasteiger partial charge is 0.502 e. The quantitative estimate of drug-likeness (QED) is 0.614. The lowest BCUT2D eigenvalue weighted by atomic mass is 10.2. The van der Waals surface area contributed by atoms with Crippen molar-refractivity contribution in [2.45, 2.75) is 37.1 Å². The van der Waals surface area contributed by atoms with Crippen LogP contribution in [0.15, 0.2) is 23.1 Å². The molecule has 20 heavy (non-hydrogen) atoms. The molecule has 1 aliphatic rings. The molecule has 1 atom stereocenters. The van der Waals surface area contributed by atoms with E-state index in [1.54, 1.807) is 6.92 Å². The first-order valence-electron chi connectivity index (χ1n) is 6.29. The van der Waals surface area contributed by atoms with Gasteiger partial charge in [-0.2, -0.15) is 0 Å². The first-order valence-corrected chi connectivity index (χ1v) is 7.77. The smallest absolute Gasteiger partial charge is 0.312 e. The molecule has 1 aromatic rings. The lowest BCUT2D eigenvalue weighted by Crippen LogP contribution is -2.32. The van der Waals surface area contributed by atoms with Crippen molar-refractivity contribution in [3.63, 3.8) is 0 Å². The number of nitro groups is 1. The topological polar surface area (TPSA) is 110 Å². The molecule has 1 unspecified atom stereocenters. The van der Waals surface area contributed by atoms with E-state index in [1.165, 1.54) is 0 Å². The molecular formula is C12H16N2O5S. The van der Waals surface area contributed by atoms with Gasteiger partial charge in [-0.25, -0.2) is 13.1 Å². The fraction of sp³-hybridized carbons (Fsp3) is 0.500. The van der Waals surface area contributed by atoms with Crippen LogP contribution in [0.2, 0.25) is 0 Å². The normalized spacial score (nSPS) is 16.9. The van der Waals surface area contributed by atoms with E-state index in [0.717, 1.165) is 37.5 Å². The van der Waals surface area contributed by atoms with Gasteiger partial charge in [0.15, 0.2) is 5.75 Å². The van der Waals surface area contributed by atoms with Crippen molar-refractivity contribution >= 4 is 15.7 Å². The second-order valence-corrected chi connectivity index (χ2v) is 6.82. The van der Waals surface area contributed by atoms with Crippen LogP contribution in [-0.4, -0.2) is 24.5 Å². The number of hydrogen-bond acceptors (Lipinski definition) is 5. The van der Waals surface area contributed by atoms with Gasteiger partial charge in [0.05, 0.1) is 9.82 Å². The van der Waals surface area contributed by atoms with Crippen LogP contribution in [0.3, 0.4) is 0 Å². The molecule has 0 radical (unpaired) electrons. The zero-order valence-electron chi connectivity index (χ0n) is 10.9. The van der Waals surface area contributed by atoms with Crippen LogP contribution in [-0.2, 0) is 10.0 Å². The summed E-state index contributed by atoms with van der Waals surface area (Å²) in [6.07, 6.45) is 3.01. The maximum atomic E-state index is 12.1. The summed E-state index contributed by atoms with van der Waals surface area (Å²) in [5.41, 5.74) is -0.622. The molecule has 2 rings (SSSR count). The van der Waals surface area contributed by atoms with Crippen molar-refractivity contribution in [1.82, 2.24) is 4.72 Å². The predicted octanol–water partition coefficient (Wildman–Crippen LogP) is 1.77. The van der Waals surface area contributed by atoms with Crippen molar-refractivity contribution in [2.75, 3.05) is 0 Å². The monoisotopic (exact) mass is 300 g/mol. The van der Waals surface area contributed by atoms with Crippen molar-refractivity contribution in [3.8, 4) is 5.75 Å². The Morgan fingerprint density at radius 2 is 2.15 bits per heavy atom. The van der Waals surface area contributed by atoms with Gasteiger partial charge in [0.2, 0.25) is 10.0 Å². The van der Waals surface area contributed by atoms with Crippen LogP contribution in [0, 0.1) is 16.0 Å². The number of hydrogen-bond donors (Lipinski definition) is 2. The Morgan fingerprint density at radius 3 is 2.70 bits per heavy atom. The second-order valence-electron chi connectivity index (χ2n) is 5.11. The maximum absolute atomic E-state index is 12.1. The standard InChI is InChI=1S/C12H16N2O5S/c1-8(6-9-2-3-9)13-20(18,19)10-4-5-12(15)11(7-10)14(16)17/h4-5,7-9,13,15H,2-3,6H2,1H3. The highest BCUT2D eigenvalue weighted by Gasteiger charge is 2.27. The average Bonchev–Trinajstić information content (AvgIpc) is 3.11. The molecule has 110 valence electrons. The summed E-state index contributed by atoms with van der Waals surface area (Å²) in [5, 5.41) is 20.0. The molecular weight excluding hydrogens is 284 g/mol. The van der Waals surface area contributed by atoms with Gasteiger partial charge in [0.25, 0.3) is 0 Å². The molecule has 0 heterocycles. The summed E-state index contributed by atoms with van der Waals surface area (Å²) in [6, 6.07) is 2.80. The van der Waals surface area contributed by atoms with Crippen molar-refractivity contribution in [3.05, 3.63) is 28.3 Å². The molecule has 2 N–H and O–H groups in total. The van der Waals surface area contributed by atoms with E-state index < -0.39 is 26.4 Å². The number of sulfonamides is 1. The summed E-state index contributed by atoms with van der Waals surface area (Å²) in [5.74, 6) is 0.0156. The van der Waals surface area contributed by atoms with Gasteiger partial charge < -0.3 is 5.11 Å². The van der Waals surface area contributed by atoms with E-state index in [1.807, 2.05) is 0 Å². The van der Waals surface area contributed by atoms with Crippen LogP contribution < -0.4 is 4.72 Å². The summed E-state index contributed by atoms with van der Waals surface area (Å²) in [6.45, 7) is 1.77. The van der Waals surface area contributed by atoms with Crippen molar-refractivity contribution in [1.29, 1.82) is 0 Å². The average molecular weight is 300 g/mol. The number of nitro benzene ring substituents is 1. The fourth-order valence-corrected chi connectivity index (χ4v) is 3.33. The van der Waals surface area contributed by atoms with Gasteiger partial charge in [-0.1, -0.05) is 12.8 Å². The highest BCUT2D eigenvalue weighted by Crippen LogP contribution is 2.34. The van der Waals surface area contributed by atoms with Gasteiger partial charge in [-0.3, -0.25) is 10.1 Å². The molecule has 1 fully saturated rings. The summed E-state index contributed by atoms with van der Waals surface area (Å²) in [4.78, 5) is 9.67. The molecule has 0 spiro atoms. The summed E-state index contributed by atoms with van der Waals surface area (Å²) < 4.78 is 26.7. The Labute approximate surface area is 116 Å². The van der Waals surface area contributed by atoms with E-state index in [4.69, 9.17) is 0 Å². The number of benzene rings is 1. The first-order chi connectivity index (χ1) is 9.29. The zero-order chi connectivity index (χ0) is 14.9. The number of rotatable bonds is 6. The maximum Gasteiger partial charge on any atom is 0.312 e. The highest BCUT2D eigenvalue weighted by molar-refractivity contribution is 7.89. The van der Waals surface area contributed by atoms with E-state index >= 15 is 0 Å². The minimum Gasteiger partial charge on any atom is -0.502 e. The molecule has 0 bridgehead atoms. The zero-order valence-corrected chi connectivity index (χ0v) is 11.8. The summed E-state index contributed by atoms with van der Waals surface area (Å²) in [7, 11) is -3.82. The summed E-state index contributed by atoms with van der Waals surface area (Å²) >= 11 is 0. The minimum atomic E-state index is -3.82. The molecule has 0 aromatic heterocycles. The molecule has 0 amide bonds. The fourth-order valence-electron chi connectivity index (χ4n) is 2.05.